The van der Waals surface area contributed by atoms with Crippen molar-refractivity contribution in [1.29, 1.82) is 0 Å². The number of aryl methyl sites for hydroxylation is 1. The van der Waals surface area contributed by atoms with Gasteiger partial charge in [-0.25, -0.2) is 9.18 Å². The summed E-state index contributed by atoms with van der Waals surface area (Å²) in [5.41, 5.74) is 2.03. The van der Waals surface area contributed by atoms with Crippen LogP contribution >= 0.6 is 0 Å². The van der Waals surface area contributed by atoms with Crippen LogP contribution < -0.4 is 10.3 Å². The van der Waals surface area contributed by atoms with Crippen LogP contribution in [0.2, 0.25) is 0 Å². The zero-order valence-corrected chi connectivity index (χ0v) is 16.6. The number of hydrogen-bond acceptors (Lipinski definition) is 5. The van der Waals surface area contributed by atoms with Crippen molar-refractivity contribution in [3.63, 3.8) is 0 Å². The molecular formula is C22H23FN2O5. The van der Waals surface area contributed by atoms with Crippen molar-refractivity contribution in [2.24, 2.45) is 0 Å². The maximum absolute atomic E-state index is 15.2. The average Bonchev–Trinajstić information content (AvgIpc) is 3.46. The molecule has 30 heavy (non-hydrogen) atoms. The Morgan fingerprint density at radius 1 is 1.20 bits per heavy atom. The molecule has 0 amide bonds. The van der Waals surface area contributed by atoms with Crippen LogP contribution in [0, 0.1) is 12.7 Å². The zero-order chi connectivity index (χ0) is 21.6. The van der Waals surface area contributed by atoms with Gasteiger partial charge in [0.25, 0.3) is 0 Å². The molecule has 2 aromatic rings. The Hall–Kier alpha value is -2.97. The van der Waals surface area contributed by atoms with Crippen LogP contribution in [-0.4, -0.2) is 52.2 Å². The summed E-state index contributed by atoms with van der Waals surface area (Å²) in [5, 5.41) is 28.0. The summed E-state index contributed by atoms with van der Waals surface area (Å²) in [5.74, 6) is -1.92. The highest BCUT2D eigenvalue weighted by molar-refractivity contribution is 5.95. The highest BCUT2D eigenvalue weighted by Gasteiger charge is 2.31. The summed E-state index contributed by atoms with van der Waals surface area (Å²) < 4.78 is 17.0. The second kappa shape index (κ2) is 7.70. The van der Waals surface area contributed by atoms with Crippen LogP contribution in [0.5, 0.6) is 0 Å². The van der Waals surface area contributed by atoms with Crippen LogP contribution in [0.1, 0.15) is 34.8 Å². The van der Waals surface area contributed by atoms with E-state index in [0.29, 0.717) is 29.9 Å². The fourth-order valence-corrected chi connectivity index (χ4v) is 4.29. The number of hydrogen-bond donors (Lipinski definition) is 3. The van der Waals surface area contributed by atoms with E-state index in [1.807, 2.05) is 0 Å². The first-order chi connectivity index (χ1) is 14.4. The van der Waals surface area contributed by atoms with E-state index < -0.39 is 17.2 Å². The molecule has 0 spiro atoms. The highest BCUT2D eigenvalue weighted by atomic mass is 19.1. The quantitative estimate of drug-likeness (QED) is 0.693. The maximum Gasteiger partial charge on any atom is 0.341 e. The third-order valence-corrected chi connectivity index (χ3v) is 5.78. The lowest BCUT2D eigenvalue weighted by atomic mass is 10.0. The van der Waals surface area contributed by atoms with E-state index in [1.165, 1.54) is 6.20 Å². The van der Waals surface area contributed by atoms with Gasteiger partial charge in [-0.15, -0.1) is 0 Å². The number of carbonyl (C=O) groups is 1. The molecule has 1 saturated carbocycles. The number of nitrogens with zero attached hydrogens (tertiary/aromatic N) is 2. The number of fused-ring (bicyclic) bond motifs is 1. The topological polar surface area (TPSA) is 103 Å². The fourth-order valence-electron chi connectivity index (χ4n) is 4.29. The van der Waals surface area contributed by atoms with E-state index in [2.05, 4.69) is 0 Å². The Morgan fingerprint density at radius 2 is 1.80 bits per heavy atom. The predicted molar refractivity (Wildman–Crippen MR) is 111 cm³/mol. The van der Waals surface area contributed by atoms with Gasteiger partial charge in [0.2, 0.25) is 5.43 Å². The third kappa shape index (κ3) is 3.32. The summed E-state index contributed by atoms with van der Waals surface area (Å²) >= 11 is 0. The number of pyridine rings is 1. The van der Waals surface area contributed by atoms with Gasteiger partial charge in [0.15, 0.2) is 0 Å². The third-order valence-electron chi connectivity index (χ3n) is 5.78. The Bertz CT molecular complexity index is 1140. The summed E-state index contributed by atoms with van der Waals surface area (Å²) in [6.07, 6.45) is 6.39. The lowest BCUT2D eigenvalue weighted by Gasteiger charge is -2.23. The SMILES string of the molecule is Cc1c(N2CC(=C/CO)/C(=C\CO)C2)c(F)cc2c(=O)c(C(=O)O)cn(C3CC3)c12. The Kier molecular flexibility index (Phi) is 5.21. The summed E-state index contributed by atoms with van der Waals surface area (Å²) in [4.78, 5) is 26.1. The Balaban J connectivity index is 1.93. The first-order valence-electron chi connectivity index (χ1n) is 9.83. The van der Waals surface area contributed by atoms with Gasteiger partial charge in [-0.1, -0.05) is 12.2 Å². The number of aliphatic hydroxyl groups is 2. The van der Waals surface area contributed by atoms with Gasteiger partial charge >= 0.3 is 5.97 Å². The van der Waals surface area contributed by atoms with E-state index >= 15 is 4.39 Å². The van der Waals surface area contributed by atoms with E-state index in [1.54, 1.807) is 28.5 Å². The van der Waals surface area contributed by atoms with E-state index in [9.17, 15) is 24.9 Å². The predicted octanol–water partition coefficient (Wildman–Crippen LogP) is 2.14. The van der Waals surface area contributed by atoms with Crippen molar-refractivity contribution in [2.75, 3.05) is 31.2 Å². The van der Waals surface area contributed by atoms with Crippen molar-refractivity contribution in [2.45, 2.75) is 25.8 Å². The van der Waals surface area contributed by atoms with Gasteiger partial charge in [0.1, 0.15) is 11.4 Å². The number of halogens is 1. The molecule has 1 saturated heterocycles. The monoisotopic (exact) mass is 414 g/mol. The molecule has 7 nitrogen and oxygen atoms in total. The smallest absolute Gasteiger partial charge is 0.341 e. The lowest BCUT2D eigenvalue weighted by molar-refractivity contribution is 0.0695. The first kappa shape index (κ1) is 20.3. The van der Waals surface area contributed by atoms with E-state index in [0.717, 1.165) is 30.1 Å². The van der Waals surface area contributed by atoms with Crippen LogP contribution in [0.15, 0.2) is 40.4 Å². The minimum Gasteiger partial charge on any atom is -0.477 e. The number of benzene rings is 1. The molecule has 158 valence electrons. The molecule has 0 radical (unpaired) electrons. The summed E-state index contributed by atoms with van der Waals surface area (Å²) in [6.45, 7) is 2.13. The second-order valence-electron chi connectivity index (χ2n) is 7.72. The number of aromatic carboxylic acids is 1. The number of carboxylic acid groups (broad SMARTS) is 1. The van der Waals surface area contributed by atoms with E-state index in [-0.39, 0.29) is 30.2 Å². The van der Waals surface area contributed by atoms with Crippen molar-refractivity contribution < 1.29 is 24.5 Å². The standard InChI is InChI=1S/C22H23FN2O5/c1-12-19-16(21(28)17(22(29)30)11-25(19)15-2-3-15)8-18(23)20(12)24-9-13(4-6-26)14(10-24)5-7-27/h4-5,8,11,15,26-27H,2-3,6-7,9-10H2,1H3,(H,29,30)/b13-4-,14-5-. The van der Waals surface area contributed by atoms with Crippen molar-refractivity contribution in [1.82, 2.24) is 4.57 Å². The number of carboxylic acids is 1. The van der Waals surface area contributed by atoms with Crippen LogP contribution in [-0.2, 0) is 0 Å². The molecule has 3 N–H and O–H groups in total. The van der Waals surface area contributed by atoms with E-state index in [4.69, 9.17) is 0 Å². The fraction of sp³-hybridized carbons (Fsp3) is 0.364. The van der Waals surface area contributed by atoms with Crippen molar-refractivity contribution >= 4 is 22.6 Å². The zero-order valence-electron chi connectivity index (χ0n) is 16.6. The molecule has 2 fully saturated rings. The highest BCUT2D eigenvalue weighted by Crippen LogP contribution is 2.41. The van der Waals surface area contributed by atoms with Crippen LogP contribution in [0.25, 0.3) is 10.9 Å². The molecule has 1 aliphatic carbocycles. The minimum atomic E-state index is -1.32. The number of aromatic nitrogens is 1. The molecule has 0 unspecified atom stereocenters. The van der Waals surface area contributed by atoms with Gasteiger partial charge in [0.05, 0.1) is 24.4 Å². The van der Waals surface area contributed by atoms with Gasteiger partial charge in [0, 0.05) is 30.7 Å². The lowest BCUT2D eigenvalue weighted by Crippen LogP contribution is -2.24. The first-order valence-corrected chi connectivity index (χ1v) is 9.83. The maximum atomic E-state index is 15.2. The Morgan fingerprint density at radius 3 is 2.30 bits per heavy atom. The molecular weight excluding hydrogens is 391 g/mol. The largest absolute Gasteiger partial charge is 0.477 e. The number of aliphatic hydroxyl groups excluding tert-OH is 2. The van der Waals surface area contributed by atoms with Crippen molar-refractivity contribution in [3.05, 3.63) is 62.7 Å². The molecule has 4 rings (SSSR count). The Labute approximate surface area is 172 Å². The molecule has 0 atom stereocenters. The number of anilines is 1. The van der Waals surface area contributed by atoms with Gasteiger partial charge in [-0.3, -0.25) is 4.79 Å². The van der Waals surface area contributed by atoms with Crippen LogP contribution in [0.3, 0.4) is 0 Å². The molecule has 1 aliphatic heterocycles. The van der Waals surface area contributed by atoms with Gasteiger partial charge < -0.3 is 24.8 Å². The molecule has 0 bridgehead atoms. The molecule has 8 heteroatoms. The second-order valence-corrected chi connectivity index (χ2v) is 7.72. The average molecular weight is 414 g/mol. The van der Waals surface area contributed by atoms with Crippen molar-refractivity contribution in [3.8, 4) is 0 Å². The molecule has 1 aromatic carbocycles. The minimum absolute atomic E-state index is 0.0667. The van der Waals surface area contributed by atoms with Gasteiger partial charge in [-0.05, 0) is 42.5 Å². The van der Waals surface area contributed by atoms with Gasteiger partial charge in [-0.2, -0.15) is 0 Å². The summed E-state index contributed by atoms with van der Waals surface area (Å²) in [7, 11) is 0. The number of rotatable bonds is 5. The molecule has 2 aliphatic rings. The normalized spacial score (nSPS) is 19.4. The molecule has 2 heterocycles. The van der Waals surface area contributed by atoms with Crippen LogP contribution in [0.4, 0.5) is 10.1 Å². The molecule has 1 aromatic heterocycles. The summed E-state index contributed by atoms with van der Waals surface area (Å²) in [6, 6.07) is 1.23.